The molecule has 0 unspecified atom stereocenters. The Morgan fingerprint density at radius 1 is 1.00 bits per heavy atom. The SMILES string of the molecule is Nc1ccc2[nH]c(C(=O)Nc3ccccn3)c(-c3ccccc3)c2c1. The van der Waals surface area contributed by atoms with Crippen molar-refractivity contribution < 1.29 is 4.79 Å². The van der Waals surface area contributed by atoms with Crippen LogP contribution in [0.25, 0.3) is 22.0 Å². The molecule has 5 heteroatoms. The van der Waals surface area contributed by atoms with Gasteiger partial charge in [0.1, 0.15) is 11.5 Å². The van der Waals surface area contributed by atoms with Crippen molar-refractivity contribution in [3.05, 3.63) is 78.6 Å². The zero-order valence-corrected chi connectivity index (χ0v) is 13.4. The van der Waals surface area contributed by atoms with Crippen molar-refractivity contribution in [2.45, 2.75) is 0 Å². The molecule has 4 N–H and O–H groups in total. The van der Waals surface area contributed by atoms with Crippen molar-refractivity contribution in [3.8, 4) is 11.1 Å². The van der Waals surface area contributed by atoms with Gasteiger partial charge in [-0.05, 0) is 35.9 Å². The number of aromatic amines is 1. The average molecular weight is 328 g/mol. The summed E-state index contributed by atoms with van der Waals surface area (Å²) >= 11 is 0. The monoisotopic (exact) mass is 328 g/mol. The highest BCUT2D eigenvalue weighted by molar-refractivity contribution is 6.14. The van der Waals surface area contributed by atoms with E-state index in [2.05, 4.69) is 15.3 Å². The smallest absolute Gasteiger partial charge is 0.273 e. The van der Waals surface area contributed by atoms with Gasteiger partial charge in [-0.3, -0.25) is 4.79 Å². The van der Waals surface area contributed by atoms with E-state index in [1.807, 2.05) is 54.6 Å². The molecular formula is C20H16N4O. The molecule has 0 saturated carbocycles. The Hall–Kier alpha value is -3.60. The Morgan fingerprint density at radius 2 is 1.80 bits per heavy atom. The Labute approximate surface area is 144 Å². The first kappa shape index (κ1) is 15.0. The van der Waals surface area contributed by atoms with Crippen molar-refractivity contribution in [3.63, 3.8) is 0 Å². The van der Waals surface area contributed by atoms with Crippen molar-refractivity contribution in [2.75, 3.05) is 11.1 Å². The summed E-state index contributed by atoms with van der Waals surface area (Å²) in [4.78, 5) is 20.2. The molecule has 2 aromatic heterocycles. The molecule has 0 aliphatic carbocycles. The van der Waals surface area contributed by atoms with Gasteiger partial charge in [0.25, 0.3) is 5.91 Å². The lowest BCUT2D eigenvalue weighted by molar-refractivity contribution is 0.102. The molecule has 5 nitrogen and oxygen atoms in total. The van der Waals surface area contributed by atoms with Crippen LogP contribution in [0.3, 0.4) is 0 Å². The second-order valence-corrected chi connectivity index (χ2v) is 5.72. The van der Waals surface area contributed by atoms with E-state index in [4.69, 9.17) is 5.73 Å². The number of nitrogens with one attached hydrogen (secondary N) is 2. The Kier molecular flexibility index (Phi) is 3.67. The predicted molar refractivity (Wildman–Crippen MR) is 100 cm³/mol. The van der Waals surface area contributed by atoms with E-state index in [1.54, 1.807) is 18.3 Å². The van der Waals surface area contributed by atoms with Crippen LogP contribution in [0.15, 0.2) is 72.9 Å². The number of carbonyl (C=O) groups is 1. The molecule has 0 atom stereocenters. The first-order valence-electron chi connectivity index (χ1n) is 7.91. The number of benzene rings is 2. The van der Waals surface area contributed by atoms with Gasteiger partial charge in [0.2, 0.25) is 0 Å². The average Bonchev–Trinajstić information content (AvgIpc) is 3.02. The number of nitrogens with two attached hydrogens (primary N) is 1. The number of H-pyrrole nitrogens is 1. The normalized spacial score (nSPS) is 10.7. The number of carbonyl (C=O) groups excluding carboxylic acids is 1. The van der Waals surface area contributed by atoms with Gasteiger partial charge >= 0.3 is 0 Å². The minimum absolute atomic E-state index is 0.243. The van der Waals surface area contributed by atoms with Gasteiger partial charge in [0, 0.05) is 28.4 Å². The maximum absolute atomic E-state index is 12.8. The molecule has 0 fully saturated rings. The minimum atomic E-state index is -0.243. The molecule has 0 radical (unpaired) electrons. The first-order chi connectivity index (χ1) is 12.2. The fourth-order valence-electron chi connectivity index (χ4n) is 2.90. The highest BCUT2D eigenvalue weighted by atomic mass is 16.1. The van der Waals surface area contributed by atoms with Crippen molar-refractivity contribution in [1.29, 1.82) is 0 Å². The number of anilines is 2. The van der Waals surface area contributed by atoms with E-state index >= 15 is 0 Å². The standard InChI is InChI=1S/C20H16N4O/c21-14-9-10-16-15(12-14)18(13-6-2-1-3-7-13)19(23-16)20(25)24-17-8-4-5-11-22-17/h1-12,23H,21H2,(H,22,24,25). The van der Waals surface area contributed by atoms with Crippen molar-refractivity contribution >= 4 is 28.3 Å². The number of nitrogens with zero attached hydrogens (tertiary/aromatic N) is 1. The van der Waals surface area contributed by atoms with Crippen LogP contribution < -0.4 is 11.1 Å². The number of pyridine rings is 1. The summed E-state index contributed by atoms with van der Waals surface area (Å²) in [6.45, 7) is 0. The molecule has 0 bridgehead atoms. The van der Waals surface area contributed by atoms with Crippen molar-refractivity contribution in [1.82, 2.24) is 9.97 Å². The van der Waals surface area contributed by atoms with Crippen LogP contribution >= 0.6 is 0 Å². The first-order valence-corrected chi connectivity index (χ1v) is 7.91. The number of amides is 1. The number of rotatable bonds is 3. The Balaban J connectivity index is 1.87. The van der Waals surface area contributed by atoms with E-state index in [9.17, 15) is 4.79 Å². The number of hydrogen-bond acceptors (Lipinski definition) is 3. The molecule has 4 rings (SSSR count). The third-order valence-corrected chi connectivity index (χ3v) is 4.02. The zero-order valence-electron chi connectivity index (χ0n) is 13.4. The molecule has 2 aromatic carbocycles. The van der Waals surface area contributed by atoms with E-state index < -0.39 is 0 Å². The predicted octanol–water partition coefficient (Wildman–Crippen LogP) is 4.06. The fourth-order valence-corrected chi connectivity index (χ4v) is 2.90. The zero-order chi connectivity index (χ0) is 17.2. The van der Waals surface area contributed by atoms with Gasteiger partial charge in [0.05, 0.1) is 0 Å². The van der Waals surface area contributed by atoms with Crippen LogP contribution in [0.1, 0.15) is 10.5 Å². The van der Waals surface area contributed by atoms with Gasteiger partial charge in [-0.1, -0.05) is 36.4 Å². The van der Waals surface area contributed by atoms with Crippen LogP contribution in [0.4, 0.5) is 11.5 Å². The third kappa shape index (κ3) is 2.83. The lowest BCUT2D eigenvalue weighted by Crippen LogP contribution is -2.14. The Morgan fingerprint density at radius 3 is 2.56 bits per heavy atom. The highest BCUT2D eigenvalue weighted by Crippen LogP contribution is 2.33. The van der Waals surface area contributed by atoms with Gasteiger partial charge in [0.15, 0.2) is 0 Å². The lowest BCUT2D eigenvalue weighted by Gasteiger charge is -2.06. The van der Waals surface area contributed by atoms with Crippen LogP contribution in [0.5, 0.6) is 0 Å². The highest BCUT2D eigenvalue weighted by Gasteiger charge is 2.19. The summed E-state index contributed by atoms with van der Waals surface area (Å²) in [6, 6.07) is 20.7. The summed E-state index contributed by atoms with van der Waals surface area (Å²) in [5.41, 5.74) is 9.73. The molecule has 122 valence electrons. The van der Waals surface area contributed by atoms with Gasteiger partial charge in [-0.15, -0.1) is 0 Å². The summed E-state index contributed by atoms with van der Waals surface area (Å²) in [6.07, 6.45) is 1.64. The van der Waals surface area contributed by atoms with Crippen LogP contribution in [0, 0.1) is 0 Å². The quantitative estimate of drug-likeness (QED) is 0.496. The number of hydrogen-bond donors (Lipinski definition) is 3. The maximum atomic E-state index is 12.8. The largest absolute Gasteiger partial charge is 0.399 e. The van der Waals surface area contributed by atoms with E-state index in [-0.39, 0.29) is 5.91 Å². The summed E-state index contributed by atoms with van der Waals surface area (Å²) < 4.78 is 0. The molecule has 2 heterocycles. The summed E-state index contributed by atoms with van der Waals surface area (Å²) in [5, 5.41) is 3.75. The number of aromatic nitrogens is 2. The van der Waals surface area contributed by atoms with E-state index in [1.165, 1.54) is 0 Å². The molecule has 1 amide bonds. The lowest BCUT2D eigenvalue weighted by atomic mass is 10.0. The molecule has 4 aromatic rings. The maximum Gasteiger partial charge on any atom is 0.273 e. The van der Waals surface area contributed by atoms with Gasteiger partial charge < -0.3 is 16.0 Å². The van der Waals surface area contributed by atoms with Gasteiger partial charge in [-0.2, -0.15) is 0 Å². The molecule has 0 aliphatic rings. The third-order valence-electron chi connectivity index (χ3n) is 4.02. The topological polar surface area (TPSA) is 83.8 Å². The molecule has 0 aliphatic heterocycles. The van der Waals surface area contributed by atoms with Crippen LogP contribution in [-0.4, -0.2) is 15.9 Å². The summed E-state index contributed by atoms with van der Waals surface area (Å²) in [7, 11) is 0. The number of nitrogen functional groups attached to an aromatic ring is 1. The van der Waals surface area contributed by atoms with E-state index in [0.29, 0.717) is 17.2 Å². The van der Waals surface area contributed by atoms with Crippen LogP contribution in [0.2, 0.25) is 0 Å². The van der Waals surface area contributed by atoms with E-state index in [0.717, 1.165) is 22.0 Å². The summed E-state index contributed by atoms with van der Waals surface area (Å²) in [5.74, 6) is 0.261. The molecule has 0 spiro atoms. The van der Waals surface area contributed by atoms with Crippen molar-refractivity contribution in [2.24, 2.45) is 0 Å². The van der Waals surface area contributed by atoms with Crippen LogP contribution in [-0.2, 0) is 0 Å². The molecular weight excluding hydrogens is 312 g/mol. The fraction of sp³-hybridized carbons (Fsp3) is 0. The molecule has 25 heavy (non-hydrogen) atoms. The second-order valence-electron chi connectivity index (χ2n) is 5.72. The minimum Gasteiger partial charge on any atom is -0.399 e. The molecule has 0 saturated heterocycles. The second kappa shape index (κ2) is 6.13. The Bertz CT molecular complexity index is 1040. The van der Waals surface area contributed by atoms with Gasteiger partial charge in [-0.25, -0.2) is 4.98 Å². The number of fused-ring (bicyclic) bond motifs is 1.